The smallest absolute Gasteiger partial charge is 0.306 e. The Labute approximate surface area is 408 Å². The van der Waals surface area contributed by atoms with Crippen LogP contribution in [0, 0.1) is 0 Å². The second-order valence-electron chi connectivity index (χ2n) is 20.6. The molecule has 66 heavy (non-hydrogen) atoms. The molecule has 0 bridgehead atoms. The van der Waals surface area contributed by atoms with Crippen molar-refractivity contribution in [3.05, 3.63) is 12.2 Å². The number of likely N-dealkylation sites (N-methyl/N-ethyl adjacent to an activating group) is 1. The molecular weight excluding hydrogens is 827 g/mol. The summed E-state index contributed by atoms with van der Waals surface area (Å²) in [6, 6.07) is 0. The Balaban J connectivity index is 4.20. The van der Waals surface area contributed by atoms with Crippen LogP contribution in [0.4, 0.5) is 0 Å². The first-order valence-electron chi connectivity index (χ1n) is 28.3. The lowest BCUT2D eigenvalue weighted by Gasteiger charge is -2.26. The van der Waals surface area contributed by atoms with Crippen molar-refractivity contribution >= 4 is 17.9 Å². The summed E-state index contributed by atoms with van der Waals surface area (Å²) in [5, 5.41) is 11.8. The SMILES string of the molecule is CCCCCCCC/C=C\CCCCCCCCCC(=O)OC(COC(=O)CCCCCCCCCCCCCCCCCCCCCCCCCC)COC(OCC[N+](C)(C)C)C(=O)[O-]. The van der Waals surface area contributed by atoms with Crippen LogP contribution < -0.4 is 5.11 Å². The van der Waals surface area contributed by atoms with Crippen LogP contribution in [0.5, 0.6) is 0 Å². The number of allylic oxidation sites excluding steroid dienone is 2. The van der Waals surface area contributed by atoms with E-state index in [1.54, 1.807) is 0 Å². The number of nitrogens with zero attached hydrogens (tertiary/aromatic N) is 1. The molecule has 0 aliphatic carbocycles. The van der Waals surface area contributed by atoms with Gasteiger partial charge in [-0.25, -0.2) is 0 Å². The average Bonchev–Trinajstić information content (AvgIpc) is 3.28. The van der Waals surface area contributed by atoms with Crippen molar-refractivity contribution in [1.82, 2.24) is 0 Å². The van der Waals surface area contributed by atoms with Gasteiger partial charge in [0.15, 0.2) is 12.4 Å². The summed E-state index contributed by atoms with van der Waals surface area (Å²) in [7, 11) is 5.93. The van der Waals surface area contributed by atoms with Crippen LogP contribution in [0.3, 0.4) is 0 Å². The average molecular weight is 936 g/mol. The van der Waals surface area contributed by atoms with Crippen molar-refractivity contribution in [2.24, 2.45) is 0 Å². The van der Waals surface area contributed by atoms with Gasteiger partial charge < -0.3 is 33.3 Å². The zero-order chi connectivity index (χ0) is 48.4. The van der Waals surface area contributed by atoms with Crippen LogP contribution in [0.1, 0.15) is 277 Å². The van der Waals surface area contributed by atoms with E-state index in [1.807, 2.05) is 21.1 Å². The molecule has 0 fully saturated rings. The number of rotatable bonds is 53. The third-order valence-electron chi connectivity index (χ3n) is 12.8. The predicted octanol–water partition coefficient (Wildman–Crippen LogP) is 14.8. The second kappa shape index (κ2) is 49.5. The summed E-state index contributed by atoms with van der Waals surface area (Å²) in [5.41, 5.74) is 0. The minimum absolute atomic E-state index is 0.150. The molecule has 0 heterocycles. The fraction of sp³-hybridized carbons (Fsp3) is 0.912. The normalized spacial score (nSPS) is 12.8. The van der Waals surface area contributed by atoms with E-state index in [0.29, 0.717) is 23.9 Å². The van der Waals surface area contributed by atoms with Gasteiger partial charge in [-0.2, -0.15) is 0 Å². The lowest BCUT2D eigenvalue weighted by Crippen LogP contribution is -2.44. The first-order chi connectivity index (χ1) is 32.1. The molecule has 390 valence electrons. The molecule has 0 radical (unpaired) electrons. The van der Waals surface area contributed by atoms with Gasteiger partial charge >= 0.3 is 11.9 Å². The van der Waals surface area contributed by atoms with Crippen molar-refractivity contribution < 1.29 is 42.9 Å². The second-order valence-corrected chi connectivity index (χ2v) is 20.6. The van der Waals surface area contributed by atoms with Gasteiger partial charge in [-0.15, -0.1) is 0 Å². The number of carboxylic acid groups (broad SMARTS) is 1. The third kappa shape index (κ3) is 49.9. The van der Waals surface area contributed by atoms with Crippen molar-refractivity contribution in [2.75, 3.05) is 47.5 Å². The van der Waals surface area contributed by atoms with E-state index >= 15 is 0 Å². The Morgan fingerprint density at radius 2 is 0.773 bits per heavy atom. The molecule has 0 rings (SSSR count). The number of aliphatic carboxylic acids is 1. The number of hydrogen-bond donors (Lipinski definition) is 0. The van der Waals surface area contributed by atoms with Crippen LogP contribution in [-0.2, 0) is 33.3 Å². The van der Waals surface area contributed by atoms with Crippen molar-refractivity contribution in [3.63, 3.8) is 0 Å². The van der Waals surface area contributed by atoms with Crippen molar-refractivity contribution in [1.29, 1.82) is 0 Å². The summed E-state index contributed by atoms with van der Waals surface area (Å²) in [6.07, 6.45) is 52.6. The molecule has 0 aromatic carbocycles. The van der Waals surface area contributed by atoms with E-state index in [0.717, 1.165) is 44.9 Å². The van der Waals surface area contributed by atoms with E-state index in [4.69, 9.17) is 18.9 Å². The number of carbonyl (C=O) groups excluding carboxylic acids is 3. The highest BCUT2D eigenvalue weighted by atomic mass is 16.7. The molecule has 0 aliphatic rings. The van der Waals surface area contributed by atoms with E-state index in [9.17, 15) is 19.5 Å². The number of carboxylic acids is 1. The highest BCUT2D eigenvalue weighted by Crippen LogP contribution is 2.17. The summed E-state index contributed by atoms with van der Waals surface area (Å²) in [5.74, 6) is -2.27. The zero-order valence-corrected chi connectivity index (χ0v) is 44.3. The fourth-order valence-corrected chi connectivity index (χ4v) is 8.36. The van der Waals surface area contributed by atoms with Crippen molar-refractivity contribution in [3.8, 4) is 0 Å². The fourth-order valence-electron chi connectivity index (χ4n) is 8.36. The summed E-state index contributed by atoms with van der Waals surface area (Å²) >= 11 is 0. The largest absolute Gasteiger partial charge is 0.545 e. The Morgan fingerprint density at radius 3 is 1.12 bits per heavy atom. The lowest BCUT2D eigenvalue weighted by atomic mass is 10.0. The summed E-state index contributed by atoms with van der Waals surface area (Å²) in [6.45, 7) is 4.79. The number of quaternary nitrogens is 1. The summed E-state index contributed by atoms with van der Waals surface area (Å²) in [4.78, 5) is 37.2. The topological polar surface area (TPSA) is 111 Å². The first kappa shape index (κ1) is 64.0. The number of ether oxygens (including phenoxy) is 4. The standard InChI is InChI=1S/C57H109NO8/c1-6-8-10-12-14-16-18-20-22-24-25-26-27-28-29-30-32-33-35-37-39-41-43-45-47-54(59)64-51-53(52-65-57(56(61)62)63-50-49-58(3,4)5)66-55(60)48-46-44-42-40-38-36-34-31-23-21-19-17-15-13-11-9-7-2/h21,23,53,57H,6-20,22,24-52H2,1-5H3/b23-21-. The minimum Gasteiger partial charge on any atom is -0.545 e. The highest BCUT2D eigenvalue weighted by Gasteiger charge is 2.22. The molecule has 0 aromatic heterocycles. The molecule has 2 unspecified atom stereocenters. The van der Waals surface area contributed by atoms with Gasteiger partial charge in [-0.1, -0.05) is 238 Å². The highest BCUT2D eigenvalue weighted by molar-refractivity contribution is 5.70. The van der Waals surface area contributed by atoms with Gasteiger partial charge in [0.2, 0.25) is 0 Å². The number of hydrogen-bond acceptors (Lipinski definition) is 8. The quantitative estimate of drug-likeness (QED) is 0.0195. The Kier molecular flexibility index (Phi) is 48.0. The maximum absolute atomic E-state index is 12.8. The minimum atomic E-state index is -1.62. The molecule has 9 heteroatoms. The molecule has 0 amide bonds. The van der Waals surface area contributed by atoms with Crippen LogP contribution in [-0.4, -0.2) is 82.3 Å². The molecule has 0 aromatic rings. The van der Waals surface area contributed by atoms with Gasteiger partial charge in [0.1, 0.15) is 13.2 Å². The molecule has 0 aliphatic heterocycles. The van der Waals surface area contributed by atoms with Gasteiger partial charge in [0.25, 0.3) is 0 Å². The first-order valence-corrected chi connectivity index (χ1v) is 28.3. The molecule has 0 N–H and O–H groups in total. The Bertz CT molecular complexity index is 1090. The van der Waals surface area contributed by atoms with E-state index in [2.05, 4.69) is 26.0 Å². The van der Waals surface area contributed by atoms with Crippen LogP contribution in [0.15, 0.2) is 12.2 Å². The molecule has 0 saturated carbocycles. The molecular formula is C57H109NO8. The maximum atomic E-state index is 12.8. The molecule has 2 atom stereocenters. The van der Waals surface area contributed by atoms with Crippen molar-refractivity contribution in [2.45, 2.75) is 289 Å². The molecule has 0 saturated heterocycles. The van der Waals surface area contributed by atoms with Crippen LogP contribution >= 0.6 is 0 Å². The number of esters is 2. The summed E-state index contributed by atoms with van der Waals surface area (Å²) < 4.78 is 22.7. The van der Waals surface area contributed by atoms with Gasteiger partial charge in [-0.05, 0) is 38.5 Å². The predicted molar refractivity (Wildman–Crippen MR) is 274 cm³/mol. The van der Waals surface area contributed by atoms with Gasteiger partial charge in [0, 0.05) is 12.8 Å². The molecule has 0 spiro atoms. The monoisotopic (exact) mass is 936 g/mol. The Hall–Kier alpha value is -1.97. The number of unbranched alkanes of at least 4 members (excludes halogenated alkanes) is 36. The molecule has 9 nitrogen and oxygen atoms in total. The van der Waals surface area contributed by atoms with E-state index in [-0.39, 0.29) is 32.2 Å². The van der Waals surface area contributed by atoms with Crippen LogP contribution in [0.2, 0.25) is 0 Å². The number of carbonyl (C=O) groups is 3. The lowest BCUT2D eigenvalue weighted by molar-refractivity contribution is -0.870. The van der Waals surface area contributed by atoms with Gasteiger partial charge in [-0.3, -0.25) is 9.59 Å². The van der Waals surface area contributed by atoms with Crippen LogP contribution in [0.25, 0.3) is 0 Å². The van der Waals surface area contributed by atoms with E-state index in [1.165, 1.54) is 199 Å². The Morgan fingerprint density at radius 1 is 0.439 bits per heavy atom. The van der Waals surface area contributed by atoms with Gasteiger partial charge in [0.05, 0.1) is 40.3 Å². The maximum Gasteiger partial charge on any atom is 0.306 e. The van der Waals surface area contributed by atoms with E-state index < -0.39 is 24.3 Å². The zero-order valence-electron chi connectivity index (χ0n) is 44.3. The third-order valence-corrected chi connectivity index (χ3v) is 12.8.